The maximum atomic E-state index is 13.5. The van der Waals surface area contributed by atoms with E-state index in [0.29, 0.717) is 0 Å². The number of hydroxylamine groups is 2. The lowest BCUT2D eigenvalue weighted by molar-refractivity contribution is -0.183. The first-order valence-electron chi connectivity index (χ1n) is 15.0. The summed E-state index contributed by atoms with van der Waals surface area (Å²) in [4.78, 5) is 82.3. The van der Waals surface area contributed by atoms with E-state index in [1.165, 1.54) is 7.05 Å². The molecule has 0 saturated heterocycles. The summed E-state index contributed by atoms with van der Waals surface area (Å²) < 4.78 is 5.27. The molecule has 1 rings (SSSR count). The SMILES string of the molecule is CC(C)C[C@H](NC(=O)[C@@H](NC(=O)[C@H](CC(=O)N(C)OCc1ccccc1)NC(=O)OC(C)(C)C)C(C)C)C(=O)N[C@@H](CO)C(=O)O. The van der Waals surface area contributed by atoms with Crippen molar-refractivity contribution in [2.75, 3.05) is 13.7 Å². The average Bonchev–Trinajstić information content (AvgIpc) is 2.95. The van der Waals surface area contributed by atoms with Crippen LogP contribution in [0.1, 0.15) is 66.9 Å². The Morgan fingerprint density at radius 1 is 0.826 bits per heavy atom. The molecule has 5 amide bonds. The lowest BCUT2D eigenvalue weighted by Crippen LogP contribution is -2.59. The summed E-state index contributed by atoms with van der Waals surface area (Å²) in [6.45, 7) is 11.0. The number of carbonyl (C=O) groups excluding carboxylic acids is 5. The Kier molecular flexibility index (Phi) is 16.1. The van der Waals surface area contributed by atoms with Crippen LogP contribution in [0, 0.1) is 11.8 Å². The molecule has 6 N–H and O–H groups in total. The van der Waals surface area contributed by atoms with E-state index < -0.39 is 84.4 Å². The lowest BCUT2D eigenvalue weighted by atomic mass is 9.99. The Morgan fingerprint density at radius 2 is 1.39 bits per heavy atom. The number of aliphatic carboxylic acids is 1. The molecule has 0 spiro atoms. The van der Waals surface area contributed by atoms with Gasteiger partial charge in [0.2, 0.25) is 23.6 Å². The fourth-order valence-electron chi connectivity index (χ4n) is 3.99. The fraction of sp³-hybridized carbons (Fsp3) is 0.613. The number of ether oxygens (including phenoxy) is 1. The number of carboxylic acids is 1. The van der Waals surface area contributed by atoms with Crippen LogP contribution in [0.4, 0.5) is 4.79 Å². The number of aliphatic hydroxyl groups is 1. The van der Waals surface area contributed by atoms with E-state index in [4.69, 9.17) is 9.57 Å². The minimum absolute atomic E-state index is 0.0751. The summed E-state index contributed by atoms with van der Waals surface area (Å²) >= 11 is 0. The smallest absolute Gasteiger partial charge is 0.408 e. The molecule has 1 aromatic rings. The highest BCUT2D eigenvalue weighted by molar-refractivity contribution is 5.96. The summed E-state index contributed by atoms with van der Waals surface area (Å²) in [7, 11) is 1.36. The van der Waals surface area contributed by atoms with Gasteiger partial charge in [0.05, 0.1) is 13.0 Å². The molecule has 0 aromatic heterocycles. The van der Waals surface area contributed by atoms with Gasteiger partial charge in [-0.1, -0.05) is 58.0 Å². The molecule has 0 radical (unpaired) electrons. The summed E-state index contributed by atoms with van der Waals surface area (Å²) in [6.07, 6.45) is -1.39. The van der Waals surface area contributed by atoms with E-state index in [0.717, 1.165) is 10.6 Å². The van der Waals surface area contributed by atoms with Crippen LogP contribution < -0.4 is 21.3 Å². The number of carboxylic acid groups (broad SMARTS) is 1. The number of aliphatic hydroxyl groups excluding tert-OH is 1. The predicted octanol–water partition coefficient (Wildman–Crippen LogP) is 1.09. The van der Waals surface area contributed by atoms with Crippen molar-refractivity contribution in [3.63, 3.8) is 0 Å². The highest BCUT2D eigenvalue weighted by Crippen LogP contribution is 2.12. The van der Waals surface area contributed by atoms with Crippen molar-refractivity contribution < 1.29 is 48.6 Å². The van der Waals surface area contributed by atoms with Crippen LogP contribution in [0.5, 0.6) is 0 Å². The fourth-order valence-corrected chi connectivity index (χ4v) is 3.99. The molecule has 0 unspecified atom stereocenters. The summed E-state index contributed by atoms with van der Waals surface area (Å²) in [6, 6.07) is 3.60. The van der Waals surface area contributed by atoms with Gasteiger partial charge in [-0.25, -0.2) is 14.7 Å². The summed E-state index contributed by atoms with van der Waals surface area (Å²) in [5.41, 5.74) is -0.111. The molecule has 1 aromatic carbocycles. The van der Waals surface area contributed by atoms with Gasteiger partial charge in [0, 0.05) is 7.05 Å². The lowest BCUT2D eigenvalue weighted by Gasteiger charge is -2.29. The van der Waals surface area contributed by atoms with E-state index in [1.54, 1.807) is 48.5 Å². The summed E-state index contributed by atoms with van der Waals surface area (Å²) in [5.74, 6) is -5.19. The molecule has 0 fully saturated rings. The number of hydrogen-bond donors (Lipinski definition) is 6. The van der Waals surface area contributed by atoms with Gasteiger partial charge in [0.15, 0.2) is 0 Å². The van der Waals surface area contributed by atoms with Crippen molar-refractivity contribution >= 4 is 35.7 Å². The van der Waals surface area contributed by atoms with Crippen LogP contribution in [0.15, 0.2) is 30.3 Å². The topological polar surface area (TPSA) is 213 Å². The number of alkyl carbamates (subject to hydrolysis) is 1. The maximum absolute atomic E-state index is 13.5. The minimum atomic E-state index is -1.58. The normalized spacial score (nSPS) is 14.0. The number of carbonyl (C=O) groups is 6. The number of rotatable bonds is 17. The van der Waals surface area contributed by atoms with Crippen molar-refractivity contribution in [3.8, 4) is 0 Å². The van der Waals surface area contributed by atoms with Gasteiger partial charge in [-0.3, -0.25) is 24.0 Å². The molecule has 0 saturated carbocycles. The zero-order valence-electron chi connectivity index (χ0n) is 27.8. The Balaban J connectivity index is 3.15. The molecule has 0 aliphatic heterocycles. The van der Waals surface area contributed by atoms with Crippen molar-refractivity contribution in [1.82, 2.24) is 26.3 Å². The van der Waals surface area contributed by atoms with E-state index in [2.05, 4.69) is 21.3 Å². The van der Waals surface area contributed by atoms with Crippen LogP contribution in [-0.4, -0.2) is 94.4 Å². The van der Waals surface area contributed by atoms with Gasteiger partial charge in [-0.2, -0.15) is 0 Å². The van der Waals surface area contributed by atoms with E-state index in [1.807, 2.05) is 30.3 Å². The third-order valence-electron chi connectivity index (χ3n) is 6.39. The van der Waals surface area contributed by atoms with Crippen molar-refractivity contribution in [2.45, 2.75) is 97.7 Å². The first kappa shape index (κ1) is 39.8. The van der Waals surface area contributed by atoms with E-state index >= 15 is 0 Å². The molecule has 0 heterocycles. The molecule has 15 heteroatoms. The van der Waals surface area contributed by atoms with Crippen LogP contribution in [0.2, 0.25) is 0 Å². The van der Waals surface area contributed by atoms with Crippen molar-refractivity contribution in [3.05, 3.63) is 35.9 Å². The number of nitrogens with one attached hydrogen (secondary N) is 4. The first-order chi connectivity index (χ1) is 21.3. The molecule has 4 atom stereocenters. The average molecular weight is 652 g/mol. The highest BCUT2D eigenvalue weighted by atomic mass is 16.7. The second-order valence-electron chi connectivity index (χ2n) is 12.6. The maximum Gasteiger partial charge on any atom is 0.408 e. The molecule has 0 aliphatic rings. The van der Waals surface area contributed by atoms with Crippen molar-refractivity contribution in [1.29, 1.82) is 0 Å². The van der Waals surface area contributed by atoms with Gasteiger partial charge >= 0.3 is 12.1 Å². The Labute approximate surface area is 269 Å². The Bertz CT molecular complexity index is 1190. The Morgan fingerprint density at radius 3 is 1.89 bits per heavy atom. The zero-order valence-corrected chi connectivity index (χ0v) is 27.8. The predicted molar refractivity (Wildman–Crippen MR) is 167 cm³/mol. The van der Waals surface area contributed by atoms with Gasteiger partial charge in [0.1, 0.15) is 36.4 Å². The largest absolute Gasteiger partial charge is 0.480 e. The van der Waals surface area contributed by atoms with Crippen molar-refractivity contribution in [2.24, 2.45) is 11.8 Å². The summed E-state index contributed by atoms with van der Waals surface area (Å²) in [5, 5.41) is 29.1. The van der Waals surface area contributed by atoms with Crippen LogP contribution in [0.3, 0.4) is 0 Å². The molecular weight excluding hydrogens is 602 g/mol. The quantitative estimate of drug-likeness (QED) is 0.132. The third kappa shape index (κ3) is 14.7. The third-order valence-corrected chi connectivity index (χ3v) is 6.39. The molecule has 258 valence electrons. The van der Waals surface area contributed by atoms with Crippen LogP contribution >= 0.6 is 0 Å². The number of benzene rings is 1. The number of hydrogen-bond acceptors (Lipinski definition) is 9. The number of amides is 5. The Hall–Kier alpha value is -4.24. The van der Waals surface area contributed by atoms with Gasteiger partial charge < -0.3 is 36.2 Å². The van der Waals surface area contributed by atoms with E-state index in [9.17, 15) is 39.0 Å². The monoisotopic (exact) mass is 651 g/mol. The second kappa shape index (κ2) is 18.7. The molecule has 0 aliphatic carbocycles. The molecule has 0 bridgehead atoms. The highest BCUT2D eigenvalue weighted by Gasteiger charge is 2.34. The molecular formula is C31H49N5O10. The van der Waals surface area contributed by atoms with Gasteiger partial charge in [-0.15, -0.1) is 0 Å². The molecule has 15 nitrogen and oxygen atoms in total. The minimum Gasteiger partial charge on any atom is -0.480 e. The molecule has 46 heavy (non-hydrogen) atoms. The van der Waals surface area contributed by atoms with E-state index in [-0.39, 0.29) is 18.9 Å². The zero-order chi connectivity index (χ0) is 35.2. The van der Waals surface area contributed by atoms with Crippen LogP contribution in [-0.2, 0) is 40.2 Å². The van der Waals surface area contributed by atoms with Gasteiger partial charge in [-0.05, 0) is 44.6 Å². The second-order valence-corrected chi connectivity index (χ2v) is 12.6. The van der Waals surface area contributed by atoms with Crippen LogP contribution in [0.25, 0.3) is 0 Å². The standard InChI is InChI=1S/C31H49N5O10/c1-18(2)14-21(26(39)33-23(16-37)29(42)43)32-28(41)25(19(3)4)35-27(40)22(34-30(44)46-31(5,6)7)15-24(38)36(8)45-17-20-12-10-9-11-13-20/h9-13,18-19,21-23,25,37H,14-17H2,1-8H3,(H,32,41)(H,33,39)(H,34,44)(H,35,40)(H,42,43)/t21-,22-,23-,25-/m0/s1. The number of nitrogens with zero attached hydrogens (tertiary/aromatic N) is 1. The van der Waals surface area contributed by atoms with Gasteiger partial charge in [0.25, 0.3) is 0 Å². The first-order valence-corrected chi connectivity index (χ1v) is 15.0.